The van der Waals surface area contributed by atoms with Gasteiger partial charge in [0.1, 0.15) is 6.29 Å². The molecule has 10 heavy (non-hydrogen) atoms. The molecule has 2 heteroatoms. The molecule has 0 N–H and O–H groups in total. The van der Waals surface area contributed by atoms with Crippen molar-refractivity contribution in [3.63, 3.8) is 0 Å². The molecule has 0 unspecified atom stereocenters. The van der Waals surface area contributed by atoms with Gasteiger partial charge < -0.3 is 9.53 Å². The molecule has 0 aromatic carbocycles. The quantitative estimate of drug-likeness (QED) is 0.517. The Morgan fingerprint density at radius 2 is 2.30 bits per heavy atom. The molecule has 2 nitrogen and oxygen atoms in total. The average Bonchev–Trinajstić information content (AvgIpc) is 1.88. The van der Waals surface area contributed by atoms with Gasteiger partial charge in [-0.05, 0) is 26.7 Å². The minimum atomic E-state index is -0.000486. The zero-order valence-electron chi connectivity index (χ0n) is 6.59. The number of hydrogen-bond donors (Lipinski definition) is 0. The second-order valence-electron chi connectivity index (χ2n) is 3.51. The lowest BCUT2D eigenvalue weighted by Gasteiger charge is -2.32. The van der Waals surface area contributed by atoms with Gasteiger partial charge in [-0.25, -0.2) is 0 Å². The molecule has 1 atom stereocenters. The maximum Gasteiger partial charge on any atom is 0.125 e. The van der Waals surface area contributed by atoms with Crippen LogP contribution in [0.5, 0.6) is 0 Å². The zero-order valence-corrected chi connectivity index (χ0v) is 6.59. The minimum Gasteiger partial charge on any atom is -0.375 e. The fraction of sp³-hybridized carbons (Fsp3) is 0.875. The maximum absolute atomic E-state index is 10.3. The Morgan fingerprint density at radius 1 is 1.60 bits per heavy atom. The van der Waals surface area contributed by atoms with E-state index in [0.29, 0.717) is 6.61 Å². The third kappa shape index (κ3) is 1.81. The summed E-state index contributed by atoms with van der Waals surface area (Å²) in [7, 11) is 0. The van der Waals surface area contributed by atoms with Crippen LogP contribution in [0.4, 0.5) is 0 Å². The molecule has 0 aliphatic carbocycles. The second kappa shape index (κ2) is 2.70. The van der Waals surface area contributed by atoms with Gasteiger partial charge in [-0.3, -0.25) is 0 Å². The Labute approximate surface area is 61.6 Å². The topological polar surface area (TPSA) is 26.3 Å². The molecule has 1 fully saturated rings. The Kier molecular flexibility index (Phi) is 2.09. The number of carbonyl (C=O) groups is 1. The Morgan fingerprint density at radius 3 is 2.70 bits per heavy atom. The first kappa shape index (κ1) is 7.73. The van der Waals surface area contributed by atoms with E-state index in [1.807, 2.05) is 0 Å². The highest BCUT2D eigenvalue weighted by Gasteiger charge is 2.26. The monoisotopic (exact) mass is 142 g/mol. The number of hydrogen-bond acceptors (Lipinski definition) is 2. The Hall–Kier alpha value is -0.370. The summed E-state index contributed by atoms with van der Waals surface area (Å²) in [5.74, 6) is 0.146. The molecule has 0 radical (unpaired) electrons. The number of rotatable bonds is 1. The predicted molar refractivity (Wildman–Crippen MR) is 38.8 cm³/mol. The fourth-order valence-corrected chi connectivity index (χ4v) is 1.13. The smallest absolute Gasteiger partial charge is 0.125 e. The second-order valence-corrected chi connectivity index (χ2v) is 3.51. The van der Waals surface area contributed by atoms with Gasteiger partial charge in [0.25, 0.3) is 0 Å². The van der Waals surface area contributed by atoms with E-state index in [4.69, 9.17) is 4.74 Å². The fourth-order valence-electron chi connectivity index (χ4n) is 1.13. The van der Waals surface area contributed by atoms with Crippen molar-refractivity contribution in [2.24, 2.45) is 5.92 Å². The molecule has 0 aromatic rings. The summed E-state index contributed by atoms with van der Waals surface area (Å²) in [6.07, 6.45) is 2.97. The molecule has 1 saturated heterocycles. The highest BCUT2D eigenvalue weighted by Crippen LogP contribution is 2.25. The number of carbonyl (C=O) groups excluding carboxylic acids is 1. The molecule has 1 heterocycles. The molecule has 0 spiro atoms. The van der Waals surface area contributed by atoms with Crippen molar-refractivity contribution in [3.05, 3.63) is 0 Å². The van der Waals surface area contributed by atoms with E-state index in [2.05, 4.69) is 13.8 Å². The van der Waals surface area contributed by atoms with Crippen LogP contribution in [0.1, 0.15) is 26.7 Å². The summed E-state index contributed by atoms with van der Waals surface area (Å²) >= 11 is 0. The molecule has 0 amide bonds. The highest BCUT2D eigenvalue weighted by molar-refractivity contribution is 5.53. The van der Waals surface area contributed by atoms with E-state index in [1.54, 1.807) is 0 Å². The van der Waals surface area contributed by atoms with Crippen LogP contribution in [0, 0.1) is 5.92 Å². The SMILES string of the molecule is CC1(C)CC[C@@H](C=O)CO1. The van der Waals surface area contributed by atoms with Crippen molar-refractivity contribution >= 4 is 6.29 Å². The summed E-state index contributed by atoms with van der Waals surface area (Å²) in [5, 5.41) is 0. The van der Waals surface area contributed by atoms with Crippen molar-refractivity contribution in [2.45, 2.75) is 32.3 Å². The third-order valence-corrected chi connectivity index (χ3v) is 2.00. The van der Waals surface area contributed by atoms with Crippen LogP contribution in [0.25, 0.3) is 0 Å². The summed E-state index contributed by atoms with van der Waals surface area (Å²) in [5.41, 5.74) is -0.000486. The molecular weight excluding hydrogens is 128 g/mol. The lowest BCUT2D eigenvalue weighted by Crippen LogP contribution is -2.34. The van der Waals surface area contributed by atoms with Gasteiger partial charge in [-0.2, -0.15) is 0 Å². The average molecular weight is 142 g/mol. The van der Waals surface area contributed by atoms with Crippen LogP contribution in [-0.4, -0.2) is 18.5 Å². The van der Waals surface area contributed by atoms with Crippen LogP contribution >= 0.6 is 0 Å². The Balaban J connectivity index is 2.38. The maximum atomic E-state index is 10.3. The summed E-state index contributed by atoms with van der Waals surface area (Å²) in [4.78, 5) is 10.3. The molecule has 0 bridgehead atoms. The van der Waals surface area contributed by atoms with E-state index < -0.39 is 0 Å². The van der Waals surface area contributed by atoms with Crippen molar-refractivity contribution < 1.29 is 9.53 Å². The Bertz CT molecular complexity index is 119. The van der Waals surface area contributed by atoms with Crippen molar-refractivity contribution in [1.29, 1.82) is 0 Å². The molecule has 1 aliphatic rings. The van der Waals surface area contributed by atoms with Crippen LogP contribution in [-0.2, 0) is 9.53 Å². The first-order chi connectivity index (χ1) is 4.64. The molecule has 1 aliphatic heterocycles. The summed E-state index contributed by atoms with van der Waals surface area (Å²) < 4.78 is 5.44. The van der Waals surface area contributed by atoms with E-state index in [1.165, 1.54) is 0 Å². The number of aldehydes is 1. The third-order valence-electron chi connectivity index (χ3n) is 2.00. The molecule has 0 aromatic heterocycles. The van der Waals surface area contributed by atoms with Crippen LogP contribution in [0.3, 0.4) is 0 Å². The standard InChI is InChI=1S/C8H14O2/c1-8(2)4-3-7(5-9)6-10-8/h5,7H,3-4,6H2,1-2H3/t7-/m0/s1. The van der Waals surface area contributed by atoms with Gasteiger partial charge in [0, 0.05) is 5.92 Å². The van der Waals surface area contributed by atoms with Gasteiger partial charge in [-0.1, -0.05) is 0 Å². The molecule has 0 saturated carbocycles. The van der Waals surface area contributed by atoms with Crippen LogP contribution < -0.4 is 0 Å². The highest BCUT2D eigenvalue weighted by atomic mass is 16.5. The predicted octanol–water partition coefficient (Wildman–Crippen LogP) is 1.39. The summed E-state index contributed by atoms with van der Waals surface area (Å²) in [6.45, 7) is 4.73. The van der Waals surface area contributed by atoms with Gasteiger partial charge in [-0.15, -0.1) is 0 Å². The van der Waals surface area contributed by atoms with Crippen molar-refractivity contribution in [1.82, 2.24) is 0 Å². The first-order valence-electron chi connectivity index (χ1n) is 3.73. The van der Waals surface area contributed by atoms with E-state index in [9.17, 15) is 4.79 Å². The molecular formula is C8H14O2. The zero-order chi connectivity index (χ0) is 7.61. The molecule has 58 valence electrons. The van der Waals surface area contributed by atoms with Crippen LogP contribution in [0.2, 0.25) is 0 Å². The van der Waals surface area contributed by atoms with Gasteiger partial charge >= 0.3 is 0 Å². The van der Waals surface area contributed by atoms with Gasteiger partial charge in [0.2, 0.25) is 0 Å². The minimum absolute atomic E-state index is 0.000486. The number of ether oxygens (including phenoxy) is 1. The van der Waals surface area contributed by atoms with Gasteiger partial charge in [0.05, 0.1) is 12.2 Å². The molecule has 1 rings (SSSR count). The first-order valence-corrected chi connectivity index (χ1v) is 3.73. The van der Waals surface area contributed by atoms with Gasteiger partial charge in [0.15, 0.2) is 0 Å². The van der Waals surface area contributed by atoms with E-state index >= 15 is 0 Å². The van der Waals surface area contributed by atoms with Crippen LogP contribution in [0.15, 0.2) is 0 Å². The lowest BCUT2D eigenvalue weighted by molar-refractivity contribution is -0.122. The van der Waals surface area contributed by atoms with E-state index in [0.717, 1.165) is 19.1 Å². The lowest BCUT2D eigenvalue weighted by atomic mass is 9.92. The normalized spacial score (nSPS) is 31.6. The van der Waals surface area contributed by atoms with Crippen molar-refractivity contribution in [3.8, 4) is 0 Å². The van der Waals surface area contributed by atoms with Crippen molar-refractivity contribution in [2.75, 3.05) is 6.61 Å². The summed E-state index contributed by atoms with van der Waals surface area (Å²) in [6, 6.07) is 0. The largest absolute Gasteiger partial charge is 0.375 e. The van der Waals surface area contributed by atoms with E-state index in [-0.39, 0.29) is 11.5 Å².